The number of hydrogen-bond acceptors (Lipinski definition) is 4. The molecule has 5 aliphatic rings. The highest BCUT2D eigenvalue weighted by atomic mass is 16.6. The van der Waals surface area contributed by atoms with Gasteiger partial charge in [0.15, 0.2) is 0 Å². The van der Waals surface area contributed by atoms with Crippen LogP contribution in [0, 0.1) is 29.6 Å². The smallest absolute Gasteiger partial charge is 0.409 e. The van der Waals surface area contributed by atoms with Crippen LogP contribution in [0.15, 0.2) is 0 Å². The Labute approximate surface area is 150 Å². The number of likely N-dealkylation sites (tertiary alicyclic amines) is 1. The van der Waals surface area contributed by atoms with Gasteiger partial charge >= 0.3 is 6.09 Å². The summed E-state index contributed by atoms with van der Waals surface area (Å²) in [5.41, 5.74) is 0. The minimum Gasteiger partial charge on any atom is -0.450 e. The Morgan fingerprint density at radius 2 is 1.60 bits per heavy atom. The van der Waals surface area contributed by atoms with Gasteiger partial charge in [0.05, 0.1) is 6.61 Å². The van der Waals surface area contributed by atoms with Crippen molar-refractivity contribution in [3.8, 4) is 0 Å². The SMILES string of the molecule is CCOC(=O)N1CC2CC(C1)C2N1C[C@@H]2[C@H](C1)[C@@H]2C(=O)N(CC)CC. The number of hydrogen-bond donors (Lipinski definition) is 0. The molecule has 6 nitrogen and oxygen atoms in total. The molecule has 5 atom stereocenters. The predicted octanol–water partition coefficient (Wildman–Crippen LogP) is 1.51. The molecule has 3 heterocycles. The van der Waals surface area contributed by atoms with Crippen molar-refractivity contribution in [3.63, 3.8) is 0 Å². The summed E-state index contributed by atoms with van der Waals surface area (Å²) in [6.07, 6.45) is 1.10. The zero-order valence-electron chi connectivity index (χ0n) is 15.7. The van der Waals surface area contributed by atoms with Crippen molar-refractivity contribution in [1.29, 1.82) is 0 Å². The van der Waals surface area contributed by atoms with E-state index in [9.17, 15) is 9.59 Å². The highest BCUT2D eigenvalue weighted by Crippen LogP contribution is 2.56. The first-order chi connectivity index (χ1) is 12.1. The Hall–Kier alpha value is -1.30. The summed E-state index contributed by atoms with van der Waals surface area (Å²) in [6.45, 7) is 11.9. The lowest BCUT2D eigenvalue weighted by Crippen LogP contribution is -2.65. The van der Waals surface area contributed by atoms with Crippen LogP contribution in [0.3, 0.4) is 0 Å². The van der Waals surface area contributed by atoms with Crippen LogP contribution < -0.4 is 0 Å². The van der Waals surface area contributed by atoms with Crippen molar-refractivity contribution in [2.45, 2.75) is 33.2 Å². The van der Waals surface area contributed by atoms with Gasteiger partial charge in [-0.25, -0.2) is 4.79 Å². The maximum absolute atomic E-state index is 12.6. The largest absolute Gasteiger partial charge is 0.450 e. The van der Waals surface area contributed by atoms with Crippen molar-refractivity contribution >= 4 is 12.0 Å². The van der Waals surface area contributed by atoms with Gasteiger partial charge in [-0.2, -0.15) is 0 Å². The molecular formula is C19H31N3O3. The van der Waals surface area contributed by atoms with Gasteiger partial charge in [-0.1, -0.05) is 0 Å². The van der Waals surface area contributed by atoms with E-state index in [0.717, 1.165) is 39.3 Å². The molecule has 5 rings (SSSR count). The molecule has 2 unspecified atom stereocenters. The fraction of sp³-hybridized carbons (Fsp3) is 0.895. The zero-order chi connectivity index (χ0) is 17.7. The number of nitrogens with zero attached hydrogens (tertiary/aromatic N) is 3. The van der Waals surface area contributed by atoms with Crippen molar-refractivity contribution < 1.29 is 14.3 Å². The molecule has 25 heavy (non-hydrogen) atoms. The van der Waals surface area contributed by atoms with Gasteiger partial charge in [-0.05, 0) is 50.9 Å². The molecule has 0 N–H and O–H groups in total. The van der Waals surface area contributed by atoms with Gasteiger partial charge in [0, 0.05) is 51.2 Å². The van der Waals surface area contributed by atoms with Gasteiger partial charge in [0.1, 0.15) is 0 Å². The van der Waals surface area contributed by atoms with E-state index in [4.69, 9.17) is 4.74 Å². The first-order valence-corrected chi connectivity index (χ1v) is 10.0. The second-order valence-electron chi connectivity index (χ2n) is 8.17. The van der Waals surface area contributed by atoms with E-state index in [-0.39, 0.29) is 12.0 Å². The molecule has 3 aliphatic heterocycles. The van der Waals surface area contributed by atoms with Gasteiger partial charge in [0.25, 0.3) is 0 Å². The third kappa shape index (κ3) is 2.73. The normalized spacial score (nSPS) is 38.8. The topological polar surface area (TPSA) is 53.1 Å². The van der Waals surface area contributed by atoms with Gasteiger partial charge in [-0.3, -0.25) is 9.69 Å². The second-order valence-corrected chi connectivity index (χ2v) is 8.17. The summed E-state index contributed by atoms with van der Waals surface area (Å²) >= 11 is 0. The number of ether oxygens (including phenoxy) is 1. The fourth-order valence-electron chi connectivity index (χ4n) is 5.74. The van der Waals surface area contributed by atoms with Crippen LogP contribution in [0.5, 0.6) is 0 Å². The Morgan fingerprint density at radius 1 is 1.00 bits per heavy atom. The molecule has 2 amide bonds. The molecule has 5 fully saturated rings. The molecule has 6 heteroatoms. The molecule has 0 aromatic carbocycles. The summed E-state index contributed by atoms with van der Waals surface area (Å²) in [6, 6.07) is 0.627. The molecule has 2 aliphatic carbocycles. The van der Waals surface area contributed by atoms with Crippen LogP contribution >= 0.6 is 0 Å². The molecule has 0 aromatic heterocycles. The van der Waals surface area contributed by atoms with Gasteiger partial charge in [0.2, 0.25) is 5.91 Å². The summed E-state index contributed by atoms with van der Waals surface area (Å²) in [7, 11) is 0. The van der Waals surface area contributed by atoms with Crippen LogP contribution in [-0.4, -0.2) is 78.6 Å². The van der Waals surface area contributed by atoms with E-state index in [1.54, 1.807) is 0 Å². The van der Waals surface area contributed by atoms with E-state index in [2.05, 4.69) is 18.7 Å². The lowest BCUT2D eigenvalue weighted by Gasteiger charge is -2.56. The summed E-state index contributed by atoms with van der Waals surface area (Å²) in [4.78, 5) is 31.0. The molecule has 2 saturated carbocycles. The lowest BCUT2D eigenvalue weighted by atomic mass is 9.65. The first kappa shape index (κ1) is 17.1. The first-order valence-electron chi connectivity index (χ1n) is 10.0. The van der Waals surface area contributed by atoms with Gasteiger partial charge < -0.3 is 14.5 Å². The number of carbonyl (C=O) groups excluding carboxylic acids is 2. The number of piperidine rings is 3. The molecule has 0 radical (unpaired) electrons. The molecule has 2 bridgehead atoms. The van der Waals surface area contributed by atoms with E-state index >= 15 is 0 Å². The third-order valence-electron chi connectivity index (χ3n) is 7.01. The lowest BCUT2D eigenvalue weighted by molar-refractivity contribution is -0.133. The maximum Gasteiger partial charge on any atom is 0.409 e. The minimum absolute atomic E-state index is 0.148. The van der Waals surface area contributed by atoms with Gasteiger partial charge in [-0.15, -0.1) is 0 Å². The molecule has 0 aromatic rings. The monoisotopic (exact) mass is 349 g/mol. The quantitative estimate of drug-likeness (QED) is 0.755. The van der Waals surface area contributed by atoms with E-state index < -0.39 is 0 Å². The minimum atomic E-state index is -0.148. The standard InChI is InChI=1S/C19H31N3O3/c1-4-20(5-2)18(23)16-14-10-21(11-15(14)16)17-12-7-13(17)9-22(8-12)19(24)25-6-3/h12-17H,4-11H2,1-3H3/t12?,13?,14-,15+,16-,17?. The maximum atomic E-state index is 12.6. The number of fused-ring (bicyclic) bond motifs is 3. The van der Waals surface area contributed by atoms with E-state index in [1.165, 1.54) is 6.42 Å². The van der Waals surface area contributed by atoms with Crippen molar-refractivity contribution in [2.75, 3.05) is 45.9 Å². The molecule has 140 valence electrons. The Bertz CT molecular complexity index is 526. The molecular weight excluding hydrogens is 318 g/mol. The van der Waals surface area contributed by atoms with Crippen LogP contribution in [0.1, 0.15) is 27.2 Å². The average molecular weight is 349 g/mol. The zero-order valence-corrected chi connectivity index (χ0v) is 15.7. The van der Waals surface area contributed by atoms with Crippen LogP contribution in [0.4, 0.5) is 4.79 Å². The molecule has 0 spiro atoms. The third-order valence-corrected chi connectivity index (χ3v) is 7.01. The number of amides is 2. The summed E-state index contributed by atoms with van der Waals surface area (Å²) in [5.74, 6) is 3.01. The van der Waals surface area contributed by atoms with Crippen LogP contribution in [0.2, 0.25) is 0 Å². The predicted molar refractivity (Wildman–Crippen MR) is 94.0 cm³/mol. The van der Waals surface area contributed by atoms with Crippen LogP contribution in [0.25, 0.3) is 0 Å². The summed E-state index contributed by atoms with van der Waals surface area (Å²) < 4.78 is 5.15. The Morgan fingerprint density at radius 3 is 2.12 bits per heavy atom. The second kappa shape index (κ2) is 6.45. The highest BCUT2D eigenvalue weighted by molar-refractivity contribution is 5.82. The Kier molecular flexibility index (Phi) is 4.42. The van der Waals surface area contributed by atoms with Crippen molar-refractivity contribution in [1.82, 2.24) is 14.7 Å². The van der Waals surface area contributed by atoms with E-state index in [0.29, 0.717) is 42.2 Å². The summed E-state index contributed by atoms with van der Waals surface area (Å²) in [5, 5.41) is 0. The van der Waals surface area contributed by atoms with Crippen molar-refractivity contribution in [3.05, 3.63) is 0 Å². The highest BCUT2D eigenvalue weighted by Gasteiger charge is 2.63. The fourth-order valence-corrected chi connectivity index (χ4v) is 5.74. The van der Waals surface area contributed by atoms with Crippen molar-refractivity contribution in [2.24, 2.45) is 29.6 Å². The number of rotatable bonds is 5. The van der Waals surface area contributed by atoms with Crippen LogP contribution in [-0.2, 0) is 9.53 Å². The average Bonchev–Trinajstić information content (AvgIpc) is 3.11. The molecule has 3 saturated heterocycles. The Balaban J connectivity index is 1.29. The van der Waals surface area contributed by atoms with E-state index in [1.807, 2.05) is 16.7 Å². The number of carbonyl (C=O) groups is 2.